The molecule has 2 aliphatic heterocycles. The molecule has 6 heteroatoms. The standard InChI is InChI=1S/C15H18N2O3S/c18-14(19)13-7-10-3-1-2-4-11(10)8-17(13)15(20)16-12-5-6-21-9-12/h1-4,12-13H,5-9H2,(H,16,20)(H,18,19)/t12?,13-/m1/s1. The second kappa shape index (κ2) is 5.97. The zero-order valence-corrected chi connectivity index (χ0v) is 12.4. The van der Waals surface area contributed by atoms with Crippen LogP contribution in [-0.2, 0) is 17.8 Å². The van der Waals surface area contributed by atoms with Gasteiger partial charge in [0.05, 0.1) is 0 Å². The number of carboxylic acid groups (broad SMARTS) is 1. The van der Waals surface area contributed by atoms with Gasteiger partial charge in [0.15, 0.2) is 0 Å². The van der Waals surface area contributed by atoms with Crippen LogP contribution in [0.15, 0.2) is 24.3 Å². The Morgan fingerprint density at radius 3 is 2.71 bits per heavy atom. The Kier molecular flexibility index (Phi) is 4.05. The summed E-state index contributed by atoms with van der Waals surface area (Å²) < 4.78 is 0. The average molecular weight is 306 g/mol. The van der Waals surface area contributed by atoms with Gasteiger partial charge in [0, 0.05) is 24.8 Å². The third kappa shape index (κ3) is 3.00. The highest BCUT2D eigenvalue weighted by Gasteiger charge is 2.35. The first-order valence-corrected chi connectivity index (χ1v) is 8.25. The largest absolute Gasteiger partial charge is 0.480 e. The Bertz CT molecular complexity index is 558. The quantitative estimate of drug-likeness (QED) is 0.873. The minimum absolute atomic E-state index is 0.161. The maximum Gasteiger partial charge on any atom is 0.326 e. The van der Waals surface area contributed by atoms with Crippen LogP contribution in [-0.4, -0.2) is 45.6 Å². The number of hydrogen-bond donors (Lipinski definition) is 2. The zero-order chi connectivity index (χ0) is 14.8. The average Bonchev–Trinajstić information content (AvgIpc) is 2.98. The van der Waals surface area contributed by atoms with E-state index in [1.807, 2.05) is 36.0 Å². The molecule has 0 spiro atoms. The Hall–Kier alpha value is -1.69. The molecule has 5 nitrogen and oxygen atoms in total. The molecule has 0 saturated carbocycles. The van der Waals surface area contributed by atoms with Crippen LogP contribution in [0.4, 0.5) is 4.79 Å². The summed E-state index contributed by atoms with van der Waals surface area (Å²) in [4.78, 5) is 25.4. The van der Waals surface area contributed by atoms with Crippen molar-refractivity contribution in [3.63, 3.8) is 0 Å². The Morgan fingerprint density at radius 1 is 1.29 bits per heavy atom. The number of urea groups is 1. The first kappa shape index (κ1) is 14.3. The van der Waals surface area contributed by atoms with Gasteiger partial charge in [-0.05, 0) is 23.3 Å². The number of aliphatic carboxylic acids is 1. The summed E-state index contributed by atoms with van der Waals surface area (Å²) in [5.74, 6) is 1.02. The van der Waals surface area contributed by atoms with E-state index in [0.29, 0.717) is 13.0 Å². The van der Waals surface area contributed by atoms with Crippen LogP contribution in [0.25, 0.3) is 0 Å². The molecule has 0 aliphatic carbocycles. The molecule has 1 aromatic carbocycles. The second-order valence-electron chi connectivity index (χ2n) is 5.46. The fourth-order valence-corrected chi connectivity index (χ4v) is 4.02. The normalized spacial score (nSPS) is 24.5. The van der Waals surface area contributed by atoms with E-state index in [2.05, 4.69) is 5.32 Å². The molecule has 2 atom stereocenters. The first-order valence-electron chi connectivity index (χ1n) is 7.09. The number of hydrogen-bond acceptors (Lipinski definition) is 3. The van der Waals surface area contributed by atoms with E-state index >= 15 is 0 Å². The van der Waals surface area contributed by atoms with E-state index < -0.39 is 12.0 Å². The summed E-state index contributed by atoms with van der Waals surface area (Å²) in [5, 5.41) is 12.4. The lowest BCUT2D eigenvalue weighted by Crippen LogP contribution is -2.54. The molecule has 2 heterocycles. The van der Waals surface area contributed by atoms with E-state index in [0.717, 1.165) is 29.1 Å². The van der Waals surface area contributed by atoms with Crippen LogP contribution in [0, 0.1) is 0 Å². The van der Waals surface area contributed by atoms with Gasteiger partial charge in [-0.15, -0.1) is 0 Å². The molecular formula is C15H18N2O3S. The van der Waals surface area contributed by atoms with Crippen molar-refractivity contribution in [3.05, 3.63) is 35.4 Å². The summed E-state index contributed by atoms with van der Waals surface area (Å²) >= 11 is 1.82. The van der Waals surface area contributed by atoms with Gasteiger partial charge < -0.3 is 15.3 Å². The summed E-state index contributed by atoms with van der Waals surface area (Å²) in [6.45, 7) is 0.360. The van der Waals surface area contributed by atoms with Crippen molar-refractivity contribution in [2.24, 2.45) is 0 Å². The highest BCUT2D eigenvalue weighted by Crippen LogP contribution is 2.24. The van der Waals surface area contributed by atoms with Crippen molar-refractivity contribution < 1.29 is 14.7 Å². The van der Waals surface area contributed by atoms with Gasteiger partial charge in [0.1, 0.15) is 6.04 Å². The van der Waals surface area contributed by atoms with Crippen LogP contribution >= 0.6 is 11.8 Å². The van der Waals surface area contributed by atoms with E-state index in [1.54, 1.807) is 0 Å². The number of fused-ring (bicyclic) bond motifs is 1. The maximum absolute atomic E-state index is 12.4. The topological polar surface area (TPSA) is 69.6 Å². The lowest BCUT2D eigenvalue weighted by molar-refractivity contribution is -0.142. The number of carbonyl (C=O) groups excluding carboxylic acids is 1. The van der Waals surface area contributed by atoms with Crippen molar-refractivity contribution in [1.82, 2.24) is 10.2 Å². The number of nitrogens with one attached hydrogen (secondary N) is 1. The van der Waals surface area contributed by atoms with Crippen molar-refractivity contribution in [2.75, 3.05) is 11.5 Å². The van der Waals surface area contributed by atoms with E-state index in [9.17, 15) is 14.7 Å². The molecule has 1 unspecified atom stereocenters. The Labute approximate surface area is 127 Å². The van der Waals surface area contributed by atoms with Gasteiger partial charge in [-0.25, -0.2) is 9.59 Å². The molecule has 2 aliphatic rings. The van der Waals surface area contributed by atoms with Gasteiger partial charge in [0.25, 0.3) is 0 Å². The zero-order valence-electron chi connectivity index (χ0n) is 11.6. The van der Waals surface area contributed by atoms with Crippen molar-refractivity contribution in [1.29, 1.82) is 0 Å². The van der Waals surface area contributed by atoms with Gasteiger partial charge in [-0.1, -0.05) is 24.3 Å². The maximum atomic E-state index is 12.4. The van der Waals surface area contributed by atoms with Crippen molar-refractivity contribution in [2.45, 2.75) is 31.5 Å². The molecule has 1 aromatic rings. The lowest BCUT2D eigenvalue weighted by atomic mass is 9.94. The number of amides is 2. The molecule has 1 saturated heterocycles. The van der Waals surface area contributed by atoms with E-state index in [4.69, 9.17) is 0 Å². The van der Waals surface area contributed by atoms with Crippen LogP contribution in [0.2, 0.25) is 0 Å². The van der Waals surface area contributed by atoms with Crippen molar-refractivity contribution >= 4 is 23.8 Å². The number of thioether (sulfide) groups is 1. The molecule has 0 aromatic heterocycles. The highest BCUT2D eigenvalue weighted by atomic mass is 32.2. The molecule has 2 amide bonds. The number of nitrogens with zero attached hydrogens (tertiary/aromatic N) is 1. The van der Waals surface area contributed by atoms with Gasteiger partial charge in [0.2, 0.25) is 0 Å². The Balaban J connectivity index is 1.78. The number of benzene rings is 1. The predicted octanol–water partition coefficient (Wildman–Crippen LogP) is 1.71. The summed E-state index contributed by atoms with van der Waals surface area (Å²) in [6.07, 6.45) is 1.33. The van der Waals surface area contributed by atoms with Gasteiger partial charge in [-0.2, -0.15) is 11.8 Å². The minimum Gasteiger partial charge on any atom is -0.480 e. The smallest absolute Gasteiger partial charge is 0.326 e. The fraction of sp³-hybridized carbons (Fsp3) is 0.467. The molecule has 112 valence electrons. The molecule has 2 N–H and O–H groups in total. The number of rotatable bonds is 2. The van der Waals surface area contributed by atoms with Crippen LogP contribution in [0.1, 0.15) is 17.5 Å². The lowest BCUT2D eigenvalue weighted by Gasteiger charge is -2.35. The SMILES string of the molecule is O=C(O)[C@H]1Cc2ccccc2CN1C(=O)NC1CCSC1. The molecule has 1 fully saturated rings. The second-order valence-corrected chi connectivity index (χ2v) is 6.61. The summed E-state index contributed by atoms with van der Waals surface area (Å²) in [5.41, 5.74) is 2.05. The molecule has 3 rings (SSSR count). The minimum atomic E-state index is -0.944. The molecule has 0 radical (unpaired) electrons. The molecule has 21 heavy (non-hydrogen) atoms. The molecular weight excluding hydrogens is 288 g/mol. The number of carboxylic acids is 1. The third-order valence-corrected chi connectivity index (χ3v) is 5.21. The highest BCUT2D eigenvalue weighted by molar-refractivity contribution is 7.99. The van der Waals surface area contributed by atoms with E-state index in [1.165, 1.54) is 4.90 Å². The van der Waals surface area contributed by atoms with Crippen LogP contribution in [0.5, 0.6) is 0 Å². The molecule has 0 bridgehead atoms. The van der Waals surface area contributed by atoms with E-state index in [-0.39, 0.29) is 12.1 Å². The Morgan fingerprint density at radius 2 is 2.05 bits per heavy atom. The first-order chi connectivity index (χ1) is 10.1. The number of carbonyl (C=O) groups is 2. The predicted molar refractivity (Wildman–Crippen MR) is 81.4 cm³/mol. The fourth-order valence-electron chi connectivity index (χ4n) is 2.86. The van der Waals surface area contributed by atoms with Crippen LogP contribution in [0.3, 0.4) is 0 Å². The summed E-state index contributed by atoms with van der Waals surface area (Å²) in [7, 11) is 0. The van der Waals surface area contributed by atoms with Gasteiger partial charge in [-0.3, -0.25) is 0 Å². The third-order valence-electron chi connectivity index (χ3n) is 4.05. The summed E-state index contributed by atoms with van der Waals surface area (Å²) in [6, 6.07) is 6.84. The van der Waals surface area contributed by atoms with Gasteiger partial charge >= 0.3 is 12.0 Å². The van der Waals surface area contributed by atoms with Crippen LogP contribution < -0.4 is 5.32 Å². The van der Waals surface area contributed by atoms with Crippen molar-refractivity contribution in [3.8, 4) is 0 Å². The monoisotopic (exact) mass is 306 g/mol.